The standard InChI is InChI=1S/C16H23N7O2S/c1-9(2)26(24,25)23-7-11-12(8-23)15(11)20-16-17-5-4-13(19-16)18-14-6-10(3)21-22-14/h4-6,9,11-12,15H,7-8H2,1-3H3,(H3,17,18,19,20,21,22)/t11-,12+,15+. The van der Waals surface area contributed by atoms with E-state index in [1.807, 2.05) is 13.0 Å². The number of fused-ring (bicyclic) bond motifs is 1. The number of rotatable bonds is 6. The van der Waals surface area contributed by atoms with Gasteiger partial charge in [0.25, 0.3) is 0 Å². The van der Waals surface area contributed by atoms with E-state index in [9.17, 15) is 8.42 Å². The van der Waals surface area contributed by atoms with Gasteiger partial charge in [0.1, 0.15) is 5.82 Å². The topological polar surface area (TPSA) is 116 Å². The lowest BCUT2D eigenvalue weighted by Gasteiger charge is -2.22. The molecule has 1 saturated heterocycles. The molecule has 3 atom stereocenters. The lowest BCUT2D eigenvalue weighted by atomic mass is 10.4. The maximum atomic E-state index is 12.2. The second kappa shape index (κ2) is 6.20. The first-order valence-electron chi connectivity index (χ1n) is 8.72. The van der Waals surface area contributed by atoms with Crippen LogP contribution in [0.15, 0.2) is 18.3 Å². The number of aromatic amines is 1. The fourth-order valence-electron chi connectivity index (χ4n) is 3.47. The molecular formula is C16H23N7O2S. The second-order valence-corrected chi connectivity index (χ2v) is 9.72. The summed E-state index contributed by atoms with van der Waals surface area (Å²) in [6, 6.07) is 3.90. The Morgan fingerprint density at radius 2 is 2.00 bits per heavy atom. The average Bonchev–Trinajstić information content (AvgIpc) is 2.93. The van der Waals surface area contributed by atoms with Gasteiger partial charge in [-0.3, -0.25) is 5.10 Å². The summed E-state index contributed by atoms with van der Waals surface area (Å²) in [6.45, 7) is 6.53. The Morgan fingerprint density at radius 3 is 2.62 bits per heavy atom. The molecule has 0 amide bonds. The maximum absolute atomic E-state index is 12.2. The zero-order valence-electron chi connectivity index (χ0n) is 15.0. The number of nitrogens with one attached hydrogen (secondary N) is 3. The Bertz CT molecular complexity index is 899. The van der Waals surface area contributed by atoms with Crippen LogP contribution in [0.4, 0.5) is 17.6 Å². The third-order valence-corrected chi connectivity index (χ3v) is 7.24. The Morgan fingerprint density at radius 1 is 1.27 bits per heavy atom. The number of sulfonamides is 1. The Balaban J connectivity index is 1.36. The first kappa shape index (κ1) is 17.2. The van der Waals surface area contributed by atoms with Crippen LogP contribution >= 0.6 is 0 Å². The van der Waals surface area contributed by atoms with Gasteiger partial charge >= 0.3 is 0 Å². The summed E-state index contributed by atoms with van der Waals surface area (Å²) < 4.78 is 26.1. The molecule has 2 aromatic rings. The van der Waals surface area contributed by atoms with Crippen molar-refractivity contribution >= 4 is 27.6 Å². The Labute approximate surface area is 152 Å². The number of anilines is 3. The Hall–Kier alpha value is -2.20. The van der Waals surface area contributed by atoms with Gasteiger partial charge in [-0.1, -0.05) is 0 Å². The molecule has 140 valence electrons. The van der Waals surface area contributed by atoms with E-state index in [1.54, 1.807) is 30.4 Å². The van der Waals surface area contributed by atoms with E-state index in [0.29, 0.717) is 42.5 Å². The predicted molar refractivity (Wildman–Crippen MR) is 98.7 cm³/mol. The fraction of sp³-hybridized carbons (Fsp3) is 0.562. The van der Waals surface area contributed by atoms with Crippen LogP contribution in [0.2, 0.25) is 0 Å². The molecule has 0 aromatic carbocycles. The van der Waals surface area contributed by atoms with Crippen LogP contribution in [0.1, 0.15) is 19.5 Å². The van der Waals surface area contributed by atoms with E-state index >= 15 is 0 Å². The monoisotopic (exact) mass is 377 g/mol. The molecule has 9 nitrogen and oxygen atoms in total. The molecule has 1 aliphatic heterocycles. The van der Waals surface area contributed by atoms with E-state index in [4.69, 9.17) is 0 Å². The van der Waals surface area contributed by atoms with E-state index < -0.39 is 10.0 Å². The van der Waals surface area contributed by atoms with E-state index in [0.717, 1.165) is 5.69 Å². The molecule has 0 unspecified atom stereocenters. The van der Waals surface area contributed by atoms with Gasteiger partial charge in [0.15, 0.2) is 5.82 Å². The molecule has 0 spiro atoms. The lowest BCUT2D eigenvalue weighted by Crippen LogP contribution is -2.38. The summed E-state index contributed by atoms with van der Waals surface area (Å²) in [5.74, 6) is 2.56. The number of aryl methyl sites for hydroxylation is 1. The largest absolute Gasteiger partial charge is 0.351 e. The first-order valence-corrected chi connectivity index (χ1v) is 10.2. The fourth-order valence-corrected chi connectivity index (χ4v) is 4.82. The molecule has 1 aliphatic carbocycles. The second-order valence-electron chi connectivity index (χ2n) is 7.24. The van der Waals surface area contributed by atoms with Gasteiger partial charge in [-0.2, -0.15) is 10.1 Å². The van der Waals surface area contributed by atoms with Gasteiger partial charge in [-0.25, -0.2) is 17.7 Å². The van der Waals surface area contributed by atoms with Crippen molar-refractivity contribution in [3.05, 3.63) is 24.0 Å². The maximum Gasteiger partial charge on any atom is 0.224 e. The van der Waals surface area contributed by atoms with Gasteiger partial charge in [0.05, 0.1) is 5.25 Å². The first-order chi connectivity index (χ1) is 12.3. The number of piperidine rings is 1. The van der Waals surface area contributed by atoms with Crippen molar-refractivity contribution in [2.75, 3.05) is 23.7 Å². The molecule has 4 rings (SSSR count). The quantitative estimate of drug-likeness (QED) is 0.695. The Kier molecular flexibility index (Phi) is 4.11. The van der Waals surface area contributed by atoms with Crippen LogP contribution in [0.25, 0.3) is 0 Å². The molecule has 3 heterocycles. The predicted octanol–water partition coefficient (Wildman–Crippen LogP) is 1.33. The van der Waals surface area contributed by atoms with Crippen molar-refractivity contribution in [2.24, 2.45) is 11.8 Å². The highest BCUT2D eigenvalue weighted by atomic mass is 32.2. The van der Waals surface area contributed by atoms with E-state index in [2.05, 4.69) is 30.8 Å². The summed E-state index contributed by atoms with van der Waals surface area (Å²) in [4.78, 5) is 8.73. The van der Waals surface area contributed by atoms with Gasteiger partial charge < -0.3 is 10.6 Å². The summed E-state index contributed by atoms with van der Waals surface area (Å²) in [5.41, 5.74) is 0.964. The normalized spacial score (nSPS) is 25.3. The summed E-state index contributed by atoms with van der Waals surface area (Å²) >= 11 is 0. The number of aromatic nitrogens is 4. The van der Waals surface area contributed by atoms with Crippen molar-refractivity contribution < 1.29 is 8.42 Å². The highest BCUT2D eigenvalue weighted by molar-refractivity contribution is 7.89. The number of nitrogens with zero attached hydrogens (tertiary/aromatic N) is 4. The summed E-state index contributed by atoms with van der Waals surface area (Å²) in [7, 11) is -3.16. The molecule has 2 aromatic heterocycles. The highest BCUT2D eigenvalue weighted by Gasteiger charge is 2.58. The molecular weight excluding hydrogens is 354 g/mol. The molecule has 3 N–H and O–H groups in total. The van der Waals surface area contributed by atoms with Gasteiger partial charge in [-0.05, 0) is 38.7 Å². The van der Waals surface area contributed by atoms with Crippen LogP contribution < -0.4 is 10.6 Å². The summed E-state index contributed by atoms with van der Waals surface area (Å²) in [5, 5.41) is 13.1. The van der Waals surface area contributed by atoms with Gasteiger partial charge in [-0.15, -0.1) is 0 Å². The van der Waals surface area contributed by atoms with Crippen LogP contribution in [0.5, 0.6) is 0 Å². The SMILES string of the molecule is Cc1cc(Nc2ccnc(N[C@H]3[C@@H]4CN(S(=O)(=O)C(C)C)C[C@@H]43)n2)n[nH]1. The molecule has 2 fully saturated rings. The minimum absolute atomic E-state index is 0.233. The highest BCUT2D eigenvalue weighted by Crippen LogP contribution is 2.48. The molecule has 0 radical (unpaired) electrons. The zero-order valence-corrected chi connectivity index (χ0v) is 15.8. The summed E-state index contributed by atoms with van der Waals surface area (Å²) in [6.07, 6.45) is 1.69. The van der Waals surface area contributed by atoms with Crippen molar-refractivity contribution in [3.8, 4) is 0 Å². The number of hydrogen-bond donors (Lipinski definition) is 3. The van der Waals surface area contributed by atoms with Crippen molar-refractivity contribution in [2.45, 2.75) is 32.1 Å². The third kappa shape index (κ3) is 3.14. The van der Waals surface area contributed by atoms with Crippen LogP contribution in [-0.4, -0.2) is 57.3 Å². The van der Waals surface area contributed by atoms with Crippen molar-refractivity contribution in [1.29, 1.82) is 0 Å². The van der Waals surface area contributed by atoms with E-state index in [1.165, 1.54) is 0 Å². The smallest absolute Gasteiger partial charge is 0.224 e. The van der Waals surface area contributed by atoms with Gasteiger partial charge in [0.2, 0.25) is 16.0 Å². The lowest BCUT2D eigenvalue weighted by molar-refractivity contribution is 0.430. The minimum atomic E-state index is -3.16. The molecule has 1 saturated carbocycles. The average molecular weight is 377 g/mol. The van der Waals surface area contributed by atoms with E-state index in [-0.39, 0.29) is 11.3 Å². The van der Waals surface area contributed by atoms with Crippen molar-refractivity contribution in [3.63, 3.8) is 0 Å². The number of H-pyrrole nitrogens is 1. The molecule has 10 heteroatoms. The van der Waals surface area contributed by atoms with Crippen LogP contribution in [0.3, 0.4) is 0 Å². The third-order valence-electron chi connectivity index (χ3n) is 5.03. The van der Waals surface area contributed by atoms with Crippen LogP contribution in [-0.2, 0) is 10.0 Å². The van der Waals surface area contributed by atoms with Gasteiger partial charge in [0, 0.05) is 37.1 Å². The molecule has 26 heavy (non-hydrogen) atoms. The number of hydrogen-bond acceptors (Lipinski definition) is 7. The molecule has 0 bridgehead atoms. The molecule has 2 aliphatic rings. The minimum Gasteiger partial charge on any atom is -0.351 e. The van der Waals surface area contributed by atoms with Crippen molar-refractivity contribution in [1.82, 2.24) is 24.5 Å². The van der Waals surface area contributed by atoms with Crippen LogP contribution in [0, 0.1) is 18.8 Å². The zero-order chi connectivity index (χ0) is 18.5.